The number of benzene rings is 2. The van der Waals surface area contributed by atoms with Crippen LogP contribution in [0, 0.1) is 5.82 Å². The van der Waals surface area contributed by atoms with Crippen molar-refractivity contribution in [1.29, 1.82) is 0 Å². The molecular weight excluding hydrogens is 411 g/mol. The molecule has 1 amide bonds. The lowest BCUT2D eigenvalue weighted by molar-refractivity contribution is -0.143. The Morgan fingerprint density at radius 1 is 1.20 bits per heavy atom. The van der Waals surface area contributed by atoms with E-state index in [0.717, 1.165) is 30.0 Å². The summed E-state index contributed by atoms with van der Waals surface area (Å²) in [7, 11) is -2.45. The summed E-state index contributed by atoms with van der Waals surface area (Å²) in [6.45, 7) is 0.257. The van der Waals surface area contributed by atoms with Crippen molar-refractivity contribution < 1.29 is 27.5 Å². The van der Waals surface area contributed by atoms with Gasteiger partial charge in [0, 0.05) is 12.5 Å². The van der Waals surface area contributed by atoms with Crippen LogP contribution in [-0.2, 0) is 25.8 Å². The van der Waals surface area contributed by atoms with Crippen LogP contribution in [0.1, 0.15) is 29.9 Å². The predicted molar refractivity (Wildman–Crippen MR) is 107 cm³/mol. The fourth-order valence-corrected chi connectivity index (χ4v) is 5.08. The van der Waals surface area contributed by atoms with E-state index in [1.54, 1.807) is 12.1 Å². The fourth-order valence-electron chi connectivity index (χ4n) is 3.73. The van der Waals surface area contributed by atoms with E-state index in [1.165, 1.54) is 31.3 Å². The van der Waals surface area contributed by atoms with Gasteiger partial charge in [-0.3, -0.25) is 10.1 Å². The van der Waals surface area contributed by atoms with E-state index in [0.29, 0.717) is 6.42 Å². The second kappa shape index (κ2) is 8.93. The largest absolute Gasteiger partial charge is 0.480 e. The minimum atomic E-state index is -3.85. The maximum atomic E-state index is 13.5. The van der Waals surface area contributed by atoms with Crippen molar-refractivity contribution in [1.82, 2.24) is 10.6 Å². The highest BCUT2D eigenvalue weighted by atomic mass is 32.2. The molecule has 1 aliphatic rings. The minimum absolute atomic E-state index is 0.0464. The van der Waals surface area contributed by atoms with Crippen LogP contribution in [-0.4, -0.2) is 45.0 Å². The van der Waals surface area contributed by atoms with Gasteiger partial charge in [0.1, 0.15) is 5.82 Å². The van der Waals surface area contributed by atoms with Crippen LogP contribution < -0.4 is 10.6 Å². The summed E-state index contributed by atoms with van der Waals surface area (Å²) in [5.41, 5.74) is 1.79. The van der Waals surface area contributed by atoms with E-state index in [4.69, 9.17) is 5.11 Å². The fraction of sp³-hybridized carbons (Fsp3) is 0.333. The molecule has 30 heavy (non-hydrogen) atoms. The molecule has 0 saturated heterocycles. The normalized spacial score (nSPS) is 17.1. The summed E-state index contributed by atoms with van der Waals surface area (Å²) in [6.07, 6.45) is 2.30. The Balaban J connectivity index is 1.81. The Labute approximate surface area is 174 Å². The topological polar surface area (TPSA) is 113 Å². The van der Waals surface area contributed by atoms with Gasteiger partial charge in [0.2, 0.25) is 15.7 Å². The van der Waals surface area contributed by atoms with Crippen molar-refractivity contribution in [3.05, 3.63) is 59.4 Å². The van der Waals surface area contributed by atoms with Gasteiger partial charge in [-0.1, -0.05) is 12.1 Å². The first kappa shape index (κ1) is 21.9. The quantitative estimate of drug-likeness (QED) is 0.574. The van der Waals surface area contributed by atoms with Crippen molar-refractivity contribution in [3.63, 3.8) is 0 Å². The lowest BCUT2D eigenvalue weighted by Gasteiger charge is -2.26. The zero-order chi connectivity index (χ0) is 21.9. The van der Waals surface area contributed by atoms with Gasteiger partial charge in [-0.05, 0) is 67.8 Å². The summed E-state index contributed by atoms with van der Waals surface area (Å²) in [5.74, 6) is -2.55. The molecule has 2 atom stereocenters. The van der Waals surface area contributed by atoms with E-state index in [-0.39, 0.29) is 22.3 Å². The summed E-state index contributed by atoms with van der Waals surface area (Å²) in [6, 6.07) is 8.40. The van der Waals surface area contributed by atoms with Crippen LogP contribution in [0.25, 0.3) is 0 Å². The van der Waals surface area contributed by atoms with Crippen LogP contribution >= 0.6 is 0 Å². The average Bonchev–Trinajstić information content (AvgIpc) is 2.72. The number of likely N-dealkylation sites (N-methyl/N-ethyl adjacent to an activating group) is 1. The number of sulfone groups is 1. The first-order valence-corrected chi connectivity index (χ1v) is 11.0. The molecule has 0 aromatic heterocycles. The molecule has 0 spiro atoms. The maximum absolute atomic E-state index is 13.5. The number of rotatable bonds is 7. The maximum Gasteiger partial charge on any atom is 0.330 e. The third-order valence-corrected chi connectivity index (χ3v) is 7.04. The summed E-state index contributed by atoms with van der Waals surface area (Å²) >= 11 is 0. The van der Waals surface area contributed by atoms with Gasteiger partial charge in [0.05, 0.1) is 9.79 Å². The highest BCUT2D eigenvalue weighted by Gasteiger charge is 2.27. The molecule has 0 bridgehead atoms. The van der Waals surface area contributed by atoms with Gasteiger partial charge < -0.3 is 10.4 Å². The molecule has 1 aliphatic carbocycles. The number of carboxylic acid groups (broad SMARTS) is 1. The summed E-state index contributed by atoms with van der Waals surface area (Å²) in [5, 5.41) is 14.2. The molecule has 0 aliphatic heterocycles. The third-order valence-electron chi connectivity index (χ3n) is 5.29. The molecule has 0 heterocycles. The number of amides is 1. The van der Waals surface area contributed by atoms with Gasteiger partial charge in [-0.25, -0.2) is 17.6 Å². The standard InChI is InChI=1S/C21H23FN2O5S/c1-23-19(21(26)27)20(25)24-12-14-5-2-4-13-10-17(8-9-18(13)14)30(28,29)16-7-3-6-15(22)11-16/h3,6-11,14,19,23H,2,4-5,12H2,1H3,(H,24,25)(H,26,27). The van der Waals surface area contributed by atoms with E-state index in [9.17, 15) is 22.4 Å². The van der Waals surface area contributed by atoms with E-state index in [2.05, 4.69) is 10.6 Å². The number of aryl methyl sites for hydroxylation is 1. The van der Waals surface area contributed by atoms with E-state index >= 15 is 0 Å². The van der Waals surface area contributed by atoms with Crippen molar-refractivity contribution in [2.45, 2.75) is 41.0 Å². The molecule has 2 aromatic carbocycles. The molecular formula is C21H23FN2O5S. The number of carbonyl (C=O) groups is 2. The number of hydrogen-bond donors (Lipinski definition) is 3. The summed E-state index contributed by atoms with van der Waals surface area (Å²) < 4.78 is 39.2. The van der Waals surface area contributed by atoms with Gasteiger partial charge >= 0.3 is 5.97 Å². The number of hydrogen-bond acceptors (Lipinski definition) is 5. The van der Waals surface area contributed by atoms with Gasteiger partial charge in [0.25, 0.3) is 0 Å². The Kier molecular flexibility index (Phi) is 6.52. The minimum Gasteiger partial charge on any atom is -0.480 e. The van der Waals surface area contributed by atoms with Gasteiger partial charge in [0.15, 0.2) is 6.04 Å². The molecule has 9 heteroatoms. The molecule has 7 nitrogen and oxygen atoms in total. The summed E-state index contributed by atoms with van der Waals surface area (Å²) in [4.78, 5) is 23.2. The Hall–Kier alpha value is -2.78. The average molecular weight is 434 g/mol. The predicted octanol–water partition coefficient (Wildman–Crippen LogP) is 1.87. The van der Waals surface area contributed by atoms with Crippen molar-refractivity contribution in [2.75, 3.05) is 13.6 Å². The Bertz CT molecular complexity index is 1070. The van der Waals surface area contributed by atoms with Crippen LogP contribution in [0.15, 0.2) is 52.3 Å². The lowest BCUT2D eigenvalue weighted by Crippen LogP contribution is -2.48. The van der Waals surface area contributed by atoms with Crippen LogP contribution in [0.5, 0.6) is 0 Å². The second-order valence-electron chi connectivity index (χ2n) is 7.22. The third kappa shape index (κ3) is 4.52. The molecule has 2 aromatic rings. The zero-order valence-electron chi connectivity index (χ0n) is 16.4. The number of nitrogens with one attached hydrogen (secondary N) is 2. The molecule has 0 fully saturated rings. The molecule has 3 N–H and O–H groups in total. The molecule has 3 rings (SSSR count). The highest BCUT2D eigenvalue weighted by Crippen LogP contribution is 2.34. The van der Waals surface area contributed by atoms with Gasteiger partial charge in [-0.15, -0.1) is 0 Å². The molecule has 0 radical (unpaired) electrons. The van der Waals surface area contributed by atoms with Crippen LogP contribution in [0.3, 0.4) is 0 Å². The number of halogens is 1. The van der Waals surface area contributed by atoms with E-state index < -0.39 is 33.6 Å². The smallest absolute Gasteiger partial charge is 0.330 e. The lowest BCUT2D eigenvalue weighted by atomic mass is 9.83. The Morgan fingerprint density at radius 2 is 1.93 bits per heavy atom. The number of aliphatic carboxylic acids is 1. The number of fused-ring (bicyclic) bond motifs is 1. The molecule has 0 saturated carbocycles. The molecule has 2 unspecified atom stereocenters. The monoisotopic (exact) mass is 434 g/mol. The SMILES string of the molecule is CNC(C(=O)O)C(=O)NCC1CCCc2cc(S(=O)(=O)c3cccc(F)c3)ccc21. The number of carboxylic acids is 1. The Morgan fingerprint density at radius 3 is 2.60 bits per heavy atom. The van der Waals surface area contributed by atoms with Crippen LogP contribution in [0.4, 0.5) is 4.39 Å². The van der Waals surface area contributed by atoms with Gasteiger partial charge in [-0.2, -0.15) is 0 Å². The molecule has 160 valence electrons. The first-order chi connectivity index (χ1) is 14.2. The second-order valence-corrected chi connectivity index (χ2v) is 9.17. The highest BCUT2D eigenvalue weighted by molar-refractivity contribution is 7.91. The number of carbonyl (C=O) groups excluding carboxylic acids is 1. The van der Waals surface area contributed by atoms with Crippen molar-refractivity contribution in [3.8, 4) is 0 Å². The van der Waals surface area contributed by atoms with Crippen molar-refractivity contribution >= 4 is 21.7 Å². The first-order valence-electron chi connectivity index (χ1n) is 9.55. The van der Waals surface area contributed by atoms with E-state index in [1.807, 2.05) is 0 Å². The zero-order valence-corrected chi connectivity index (χ0v) is 17.2. The van der Waals surface area contributed by atoms with Crippen molar-refractivity contribution in [2.24, 2.45) is 0 Å². The van der Waals surface area contributed by atoms with Crippen LogP contribution in [0.2, 0.25) is 0 Å².